The molecule has 1 heterocycles. The van der Waals surface area contributed by atoms with Crippen molar-refractivity contribution in [2.24, 2.45) is 15.7 Å². The predicted molar refractivity (Wildman–Crippen MR) is 47.5 cm³/mol. The van der Waals surface area contributed by atoms with E-state index in [0.29, 0.717) is 0 Å². The van der Waals surface area contributed by atoms with E-state index in [1.165, 1.54) is 12.4 Å². The Bertz CT molecular complexity index is 269. The van der Waals surface area contributed by atoms with Gasteiger partial charge in [-0.1, -0.05) is 6.58 Å². The SMILES string of the molecule is C=C/N=C1/C=CN=C/C1=C/N. The van der Waals surface area contributed by atoms with Crippen LogP contribution in [-0.4, -0.2) is 11.9 Å². The van der Waals surface area contributed by atoms with E-state index in [4.69, 9.17) is 5.73 Å². The molecule has 3 nitrogen and oxygen atoms in total. The molecule has 0 bridgehead atoms. The second-order valence-electron chi connectivity index (χ2n) is 1.91. The first-order valence-electron chi connectivity index (χ1n) is 3.19. The molecule has 56 valence electrons. The summed E-state index contributed by atoms with van der Waals surface area (Å²) < 4.78 is 0. The van der Waals surface area contributed by atoms with Crippen molar-refractivity contribution in [1.29, 1.82) is 0 Å². The number of aliphatic imine (C=N–C) groups is 2. The number of nitrogens with two attached hydrogens (primary N) is 1. The summed E-state index contributed by atoms with van der Waals surface area (Å²) in [5, 5.41) is 0. The summed E-state index contributed by atoms with van der Waals surface area (Å²) >= 11 is 0. The van der Waals surface area contributed by atoms with Crippen LogP contribution in [0.25, 0.3) is 0 Å². The molecule has 0 aliphatic carbocycles. The predicted octanol–water partition coefficient (Wildman–Crippen LogP) is 1.01. The van der Waals surface area contributed by atoms with Gasteiger partial charge in [-0.15, -0.1) is 0 Å². The Balaban J connectivity index is 2.97. The van der Waals surface area contributed by atoms with Crippen LogP contribution in [0.3, 0.4) is 0 Å². The summed E-state index contributed by atoms with van der Waals surface area (Å²) in [5.74, 6) is 0. The number of nitrogens with zero attached hydrogens (tertiary/aromatic N) is 2. The van der Waals surface area contributed by atoms with Crippen molar-refractivity contribution < 1.29 is 0 Å². The van der Waals surface area contributed by atoms with Crippen LogP contribution in [0.2, 0.25) is 0 Å². The fraction of sp³-hybridized carbons (Fsp3) is 0. The van der Waals surface area contributed by atoms with Crippen molar-refractivity contribution in [1.82, 2.24) is 0 Å². The number of hydrogen-bond donors (Lipinski definition) is 1. The minimum Gasteiger partial charge on any atom is -0.404 e. The van der Waals surface area contributed by atoms with Crippen LogP contribution < -0.4 is 5.73 Å². The summed E-state index contributed by atoms with van der Waals surface area (Å²) in [6, 6.07) is 0. The largest absolute Gasteiger partial charge is 0.404 e. The van der Waals surface area contributed by atoms with Gasteiger partial charge in [-0.3, -0.25) is 9.98 Å². The van der Waals surface area contributed by atoms with E-state index in [0.717, 1.165) is 11.3 Å². The molecule has 3 heteroatoms. The lowest BCUT2D eigenvalue weighted by molar-refractivity contribution is 1.49. The molecule has 11 heavy (non-hydrogen) atoms. The summed E-state index contributed by atoms with van der Waals surface area (Å²) in [6.45, 7) is 3.49. The molecule has 0 atom stereocenters. The van der Waals surface area contributed by atoms with Crippen LogP contribution in [0.1, 0.15) is 0 Å². The van der Waals surface area contributed by atoms with Crippen LogP contribution in [-0.2, 0) is 0 Å². The quantitative estimate of drug-likeness (QED) is 0.591. The third-order valence-electron chi connectivity index (χ3n) is 1.24. The maximum absolute atomic E-state index is 5.32. The average molecular weight is 147 g/mol. The topological polar surface area (TPSA) is 50.7 Å². The van der Waals surface area contributed by atoms with E-state index >= 15 is 0 Å². The van der Waals surface area contributed by atoms with Gasteiger partial charge in [-0.25, -0.2) is 0 Å². The highest BCUT2D eigenvalue weighted by Crippen LogP contribution is 2.01. The maximum Gasteiger partial charge on any atom is 0.0746 e. The summed E-state index contributed by atoms with van der Waals surface area (Å²) in [6.07, 6.45) is 8.04. The fourth-order valence-electron chi connectivity index (χ4n) is 0.744. The van der Waals surface area contributed by atoms with Crippen molar-refractivity contribution >= 4 is 11.9 Å². The van der Waals surface area contributed by atoms with Gasteiger partial charge in [0.15, 0.2) is 0 Å². The van der Waals surface area contributed by atoms with Gasteiger partial charge in [0, 0.05) is 30.4 Å². The smallest absolute Gasteiger partial charge is 0.0746 e. The zero-order valence-electron chi connectivity index (χ0n) is 6.07. The average Bonchev–Trinajstić information content (AvgIpc) is 2.06. The fourth-order valence-corrected chi connectivity index (χ4v) is 0.744. The molecule has 0 aromatic heterocycles. The highest BCUT2D eigenvalue weighted by Gasteiger charge is 2.01. The van der Waals surface area contributed by atoms with Crippen LogP contribution in [0.15, 0.2) is 46.8 Å². The molecule has 0 fully saturated rings. The molecule has 1 aliphatic rings. The minimum atomic E-state index is 0.789. The highest BCUT2D eigenvalue weighted by molar-refractivity contribution is 6.22. The molecule has 0 radical (unpaired) electrons. The third-order valence-corrected chi connectivity index (χ3v) is 1.24. The number of allylic oxidation sites excluding steroid dienone is 2. The Morgan fingerprint density at radius 2 is 2.45 bits per heavy atom. The van der Waals surface area contributed by atoms with Gasteiger partial charge in [0.25, 0.3) is 0 Å². The van der Waals surface area contributed by atoms with Crippen molar-refractivity contribution in [2.75, 3.05) is 0 Å². The molecule has 0 saturated carbocycles. The Morgan fingerprint density at radius 1 is 1.64 bits per heavy atom. The number of rotatable bonds is 1. The maximum atomic E-state index is 5.32. The molecular formula is C8H9N3. The first kappa shape index (κ1) is 7.47. The molecule has 0 spiro atoms. The minimum absolute atomic E-state index is 0.789. The lowest BCUT2D eigenvalue weighted by Gasteiger charge is -2.01. The highest BCUT2D eigenvalue weighted by atomic mass is 14.8. The van der Waals surface area contributed by atoms with Gasteiger partial charge < -0.3 is 5.73 Å². The van der Waals surface area contributed by atoms with Crippen LogP contribution in [0.5, 0.6) is 0 Å². The van der Waals surface area contributed by atoms with Crippen molar-refractivity contribution in [3.05, 3.63) is 36.8 Å². The van der Waals surface area contributed by atoms with Crippen LogP contribution >= 0.6 is 0 Å². The second-order valence-corrected chi connectivity index (χ2v) is 1.91. The van der Waals surface area contributed by atoms with Crippen LogP contribution in [0.4, 0.5) is 0 Å². The first-order chi connectivity index (χ1) is 5.38. The van der Waals surface area contributed by atoms with Crippen LogP contribution in [0, 0.1) is 0 Å². The molecule has 0 unspecified atom stereocenters. The van der Waals surface area contributed by atoms with E-state index in [2.05, 4.69) is 16.6 Å². The molecule has 1 rings (SSSR count). The first-order valence-corrected chi connectivity index (χ1v) is 3.19. The standard InChI is InChI=1S/C8H9N3/c1-2-11-8-3-4-10-6-7(8)5-9/h2-6H,1,9H2/b7-5-,11-8-. The van der Waals surface area contributed by atoms with E-state index in [-0.39, 0.29) is 0 Å². The molecular weight excluding hydrogens is 138 g/mol. The Labute approximate surface area is 65.3 Å². The lowest BCUT2D eigenvalue weighted by Crippen LogP contribution is -2.05. The van der Waals surface area contributed by atoms with Gasteiger partial charge in [-0.05, 0) is 6.08 Å². The monoisotopic (exact) mass is 147 g/mol. The van der Waals surface area contributed by atoms with Crippen molar-refractivity contribution in [2.45, 2.75) is 0 Å². The van der Waals surface area contributed by atoms with Gasteiger partial charge in [0.2, 0.25) is 0 Å². The Morgan fingerprint density at radius 3 is 3.09 bits per heavy atom. The van der Waals surface area contributed by atoms with Gasteiger partial charge in [-0.2, -0.15) is 0 Å². The molecule has 0 saturated heterocycles. The second kappa shape index (κ2) is 3.51. The summed E-state index contributed by atoms with van der Waals surface area (Å²) in [7, 11) is 0. The lowest BCUT2D eigenvalue weighted by atomic mass is 10.1. The van der Waals surface area contributed by atoms with E-state index in [1.54, 1.807) is 18.5 Å². The van der Waals surface area contributed by atoms with E-state index in [1.807, 2.05) is 0 Å². The molecule has 0 aromatic carbocycles. The summed E-state index contributed by atoms with van der Waals surface area (Å²) in [4.78, 5) is 7.88. The number of hydrogen-bond acceptors (Lipinski definition) is 3. The Hall–Kier alpha value is -1.64. The molecule has 1 aliphatic heterocycles. The van der Waals surface area contributed by atoms with Gasteiger partial charge in [0.1, 0.15) is 0 Å². The van der Waals surface area contributed by atoms with E-state index < -0.39 is 0 Å². The Kier molecular flexibility index (Phi) is 2.38. The van der Waals surface area contributed by atoms with Gasteiger partial charge >= 0.3 is 0 Å². The normalized spacial score (nSPS) is 22.9. The van der Waals surface area contributed by atoms with Crippen molar-refractivity contribution in [3.8, 4) is 0 Å². The molecule has 0 aromatic rings. The van der Waals surface area contributed by atoms with Crippen molar-refractivity contribution in [3.63, 3.8) is 0 Å². The summed E-state index contributed by atoms with van der Waals surface area (Å²) in [5.41, 5.74) is 6.92. The van der Waals surface area contributed by atoms with E-state index in [9.17, 15) is 0 Å². The van der Waals surface area contributed by atoms with Gasteiger partial charge in [0.05, 0.1) is 5.71 Å². The molecule has 2 N–H and O–H groups in total. The zero-order chi connectivity index (χ0) is 8.10. The molecule has 0 amide bonds. The zero-order valence-corrected chi connectivity index (χ0v) is 6.07. The third kappa shape index (κ3) is 1.64.